The van der Waals surface area contributed by atoms with E-state index in [1.54, 1.807) is 6.92 Å². The molecule has 0 heterocycles. The lowest BCUT2D eigenvalue weighted by Crippen LogP contribution is -2.12. The Morgan fingerprint density at radius 2 is 2.17 bits per heavy atom. The maximum absolute atomic E-state index is 11.0. The molecule has 0 aromatic heterocycles. The maximum Gasteiger partial charge on any atom is 0.172 e. The highest BCUT2D eigenvalue weighted by Gasteiger charge is 2.39. The summed E-state index contributed by atoms with van der Waals surface area (Å²) in [4.78, 5) is 0.470. The molecule has 0 amide bonds. The van der Waals surface area contributed by atoms with Crippen LogP contribution in [0.15, 0.2) is 10.5 Å². The normalized spacial score (nSPS) is 22.7. The van der Waals surface area contributed by atoms with E-state index in [-0.39, 0.29) is 11.8 Å². The number of hydrogen-bond acceptors (Lipinski definition) is 3. The first-order valence-electron chi connectivity index (χ1n) is 3.57. The highest BCUT2D eigenvalue weighted by Crippen LogP contribution is 2.44. The van der Waals surface area contributed by atoms with Crippen molar-refractivity contribution in [3.63, 3.8) is 0 Å². The zero-order chi connectivity index (χ0) is 9.52. The van der Waals surface area contributed by atoms with Crippen LogP contribution < -0.4 is 5.73 Å². The zero-order valence-electron chi connectivity index (χ0n) is 7.09. The number of allylic oxidation sites excluding steroid dienone is 2. The van der Waals surface area contributed by atoms with E-state index in [0.29, 0.717) is 11.3 Å². The Hall–Kier alpha value is -0.840. The van der Waals surface area contributed by atoms with Crippen molar-refractivity contribution < 1.29 is 8.42 Å². The molecule has 0 bridgehead atoms. The monoisotopic (exact) mass is 188 g/mol. The summed E-state index contributed by atoms with van der Waals surface area (Å²) in [6, 6.07) is 0. The molecule has 0 aliphatic heterocycles. The summed E-state index contributed by atoms with van der Waals surface area (Å²) >= 11 is 0. The molecule has 5 heteroatoms. The van der Waals surface area contributed by atoms with Crippen LogP contribution in [0.3, 0.4) is 0 Å². The molecule has 4 nitrogen and oxygen atoms in total. The van der Waals surface area contributed by atoms with Gasteiger partial charge in [-0.3, -0.25) is 5.41 Å². The van der Waals surface area contributed by atoms with Crippen LogP contribution in [0, 0.1) is 11.3 Å². The van der Waals surface area contributed by atoms with Crippen molar-refractivity contribution in [3.05, 3.63) is 10.5 Å². The van der Waals surface area contributed by atoms with Crippen molar-refractivity contribution in [2.45, 2.75) is 13.3 Å². The van der Waals surface area contributed by atoms with E-state index in [2.05, 4.69) is 0 Å². The van der Waals surface area contributed by atoms with E-state index in [1.807, 2.05) is 0 Å². The summed E-state index contributed by atoms with van der Waals surface area (Å²) < 4.78 is 22.1. The van der Waals surface area contributed by atoms with Gasteiger partial charge in [-0.2, -0.15) is 0 Å². The fourth-order valence-electron chi connectivity index (χ4n) is 1.38. The molecule has 1 aliphatic carbocycles. The van der Waals surface area contributed by atoms with Gasteiger partial charge in [0.2, 0.25) is 0 Å². The molecule has 1 unspecified atom stereocenters. The van der Waals surface area contributed by atoms with Crippen molar-refractivity contribution in [3.8, 4) is 0 Å². The molecular formula is C7H12N2O2S. The van der Waals surface area contributed by atoms with Crippen LogP contribution in [0.1, 0.15) is 13.3 Å². The first kappa shape index (κ1) is 9.25. The van der Waals surface area contributed by atoms with Crippen molar-refractivity contribution in [2.75, 3.05) is 6.26 Å². The third-order valence-electron chi connectivity index (χ3n) is 1.97. The number of amidine groups is 1. The molecule has 1 aliphatic rings. The van der Waals surface area contributed by atoms with E-state index >= 15 is 0 Å². The van der Waals surface area contributed by atoms with Crippen molar-refractivity contribution in [2.24, 2.45) is 11.7 Å². The number of nitrogens with two attached hydrogens (primary N) is 1. The number of rotatable bonds is 3. The van der Waals surface area contributed by atoms with Gasteiger partial charge < -0.3 is 5.73 Å². The minimum atomic E-state index is -3.05. The lowest BCUT2D eigenvalue weighted by atomic mass is 10.2. The maximum atomic E-state index is 11.0. The van der Waals surface area contributed by atoms with Gasteiger partial charge in [-0.15, -0.1) is 0 Å². The van der Waals surface area contributed by atoms with Crippen LogP contribution >= 0.6 is 0 Å². The minimum Gasteiger partial charge on any atom is -0.388 e. The third kappa shape index (κ3) is 1.66. The molecule has 12 heavy (non-hydrogen) atoms. The number of sulfone groups is 1. The van der Waals surface area contributed by atoms with Crippen LogP contribution in [0.25, 0.3) is 0 Å². The average Bonchev–Trinajstić information content (AvgIpc) is 2.37. The summed E-state index contributed by atoms with van der Waals surface area (Å²) in [5.74, 6) is -0.0458. The predicted molar refractivity (Wildman–Crippen MR) is 47.6 cm³/mol. The Bertz CT molecular complexity index is 354. The Kier molecular flexibility index (Phi) is 1.99. The Balaban J connectivity index is 2.69. The first-order valence-corrected chi connectivity index (χ1v) is 5.46. The molecule has 0 aromatic rings. The highest BCUT2D eigenvalue weighted by atomic mass is 32.2. The quantitative estimate of drug-likeness (QED) is 0.492. The molecule has 0 aromatic carbocycles. The van der Waals surface area contributed by atoms with Gasteiger partial charge in [-0.05, 0) is 12.5 Å². The van der Waals surface area contributed by atoms with Crippen LogP contribution in [-0.2, 0) is 9.84 Å². The van der Waals surface area contributed by atoms with Gasteiger partial charge in [0.25, 0.3) is 0 Å². The zero-order valence-corrected chi connectivity index (χ0v) is 7.90. The molecule has 0 radical (unpaired) electrons. The Morgan fingerprint density at radius 1 is 1.67 bits per heavy atom. The molecule has 0 fully saturated rings. The minimum absolute atomic E-state index is 0.0398. The largest absolute Gasteiger partial charge is 0.388 e. The van der Waals surface area contributed by atoms with E-state index in [0.717, 1.165) is 5.57 Å². The van der Waals surface area contributed by atoms with E-state index in [4.69, 9.17) is 11.1 Å². The molecular weight excluding hydrogens is 176 g/mol. The lowest BCUT2D eigenvalue weighted by Gasteiger charge is -1.96. The molecule has 0 spiro atoms. The van der Waals surface area contributed by atoms with Crippen molar-refractivity contribution in [1.82, 2.24) is 0 Å². The average molecular weight is 188 g/mol. The second kappa shape index (κ2) is 2.58. The van der Waals surface area contributed by atoms with Crippen LogP contribution in [0.4, 0.5) is 0 Å². The summed E-state index contributed by atoms with van der Waals surface area (Å²) in [7, 11) is -3.05. The van der Waals surface area contributed by atoms with E-state index < -0.39 is 9.84 Å². The number of nitrogens with one attached hydrogen (secondary N) is 1. The van der Waals surface area contributed by atoms with Crippen molar-refractivity contribution in [1.29, 1.82) is 5.41 Å². The fraction of sp³-hybridized carbons (Fsp3) is 0.571. The topological polar surface area (TPSA) is 84.0 Å². The fourth-order valence-corrected chi connectivity index (χ4v) is 2.82. The molecule has 1 atom stereocenters. The third-order valence-corrected chi connectivity index (χ3v) is 3.37. The lowest BCUT2D eigenvalue weighted by molar-refractivity contribution is 0.607. The summed E-state index contributed by atoms with van der Waals surface area (Å²) in [5.41, 5.74) is 6.02. The van der Waals surface area contributed by atoms with Gasteiger partial charge in [0.1, 0.15) is 0 Å². The van der Waals surface area contributed by atoms with Gasteiger partial charge in [-0.1, -0.05) is 0 Å². The Morgan fingerprint density at radius 3 is 2.42 bits per heavy atom. The van der Waals surface area contributed by atoms with Gasteiger partial charge in [0, 0.05) is 18.6 Å². The van der Waals surface area contributed by atoms with E-state index in [1.165, 1.54) is 6.26 Å². The van der Waals surface area contributed by atoms with Crippen LogP contribution in [0.2, 0.25) is 0 Å². The van der Waals surface area contributed by atoms with E-state index in [9.17, 15) is 8.42 Å². The molecule has 1 rings (SSSR count). The van der Waals surface area contributed by atoms with Gasteiger partial charge in [0.05, 0.1) is 10.7 Å². The van der Waals surface area contributed by atoms with Crippen LogP contribution in [-0.4, -0.2) is 20.5 Å². The molecule has 68 valence electrons. The second-order valence-electron chi connectivity index (χ2n) is 3.10. The predicted octanol–water partition coefficient (Wildman–Crippen LogP) is 0.261. The second-order valence-corrected chi connectivity index (χ2v) is 5.09. The SMILES string of the molecule is CC1=C(S(C)(=O)=O)C1CC(=N)N. The smallest absolute Gasteiger partial charge is 0.172 e. The summed E-state index contributed by atoms with van der Waals surface area (Å²) in [5, 5.41) is 7.01. The van der Waals surface area contributed by atoms with Crippen LogP contribution in [0.5, 0.6) is 0 Å². The Labute approximate surface area is 71.9 Å². The first-order chi connectivity index (χ1) is 5.34. The molecule has 0 saturated carbocycles. The van der Waals surface area contributed by atoms with Gasteiger partial charge in [-0.25, -0.2) is 8.42 Å². The van der Waals surface area contributed by atoms with Gasteiger partial charge in [0.15, 0.2) is 9.84 Å². The number of hydrogen-bond donors (Lipinski definition) is 2. The van der Waals surface area contributed by atoms with Gasteiger partial charge >= 0.3 is 0 Å². The summed E-state index contributed by atoms with van der Waals surface area (Å²) in [6.07, 6.45) is 1.53. The molecule has 3 N–H and O–H groups in total. The summed E-state index contributed by atoms with van der Waals surface area (Å²) in [6.45, 7) is 1.77. The standard InChI is InChI=1S/C7H12N2O2S/c1-4-5(3-6(8)9)7(4)12(2,10)11/h5H,3H2,1-2H3,(H3,8,9). The van der Waals surface area contributed by atoms with Crippen molar-refractivity contribution >= 4 is 15.7 Å². The highest BCUT2D eigenvalue weighted by molar-refractivity contribution is 7.94. The molecule has 0 saturated heterocycles.